The average Bonchev–Trinajstić information content (AvgIpc) is 3.04. The van der Waals surface area contributed by atoms with Gasteiger partial charge in [0, 0.05) is 17.5 Å². The number of hydrogen-bond acceptors (Lipinski definition) is 6. The van der Waals surface area contributed by atoms with Crippen molar-refractivity contribution in [2.45, 2.75) is 25.4 Å². The van der Waals surface area contributed by atoms with E-state index in [0.29, 0.717) is 17.1 Å². The second-order valence-electron chi connectivity index (χ2n) is 8.52. The van der Waals surface area contributed by atoms with E-state index in [4.69, 9.17) is 14.2 Å². The number of esters is 1. The number of carbonyl (C=O) groups is 3. The van der Waals surface area contributed by atoms with Crippen LogP contribution in [0.4, 0.5) is 10.1 Å². The van der Waals surface area contributed by atoms with Gasteiger partial charge in [-0.3, -0.25) is 14.4 Å². The van der Waals surface area contributed by atoms with Gasteiger partial charge in [0.15, 0.2) is 0 Å². The van der Waals surface area contributed by atoms with Crippen LogP contribution >= 0.6 is 0 Å². The Kier molecular flexibility index (Phi) is 4.81. The summed E-state index contributed by atoms with van der Waals surface area (Å²) in [5.74, 6) is -2.64. The summed E-state index contributed by atoms with van der Waals surface area (Å²) in [7, 11) is 1.54. The molecule has 0 aliphatic carbocycles. The van der Waals surface area contributed by atoms with E-state index in [-0.39, 0.29) is 24.5 Å². The fourth-order valence-electron chi connectivity index (χ4n) is 5.39. The summed E-state index contributed by atoms with van der Waals surface area (Å²) in [5, 5.41) is 2.67. The van der Waals surface area contributed by atoms with Crippen molar-refractivity contribution in [3.8, 4) is 11.5 Å². The number of anilines is 1. The van der Waals surface area contributed by atoms with Crippen molar-refractivity contribution in [3.05, 3.63) is 53.3 Å². The van der Waals surface area contributed by atoms with E-state index in [0.717, 1.165) is 6.07 Å². The summed E-state index contributed by atoms with van der Waals surface area (Å²) in [6, 6.07) is 8.23. The summed E-state index contributed by atoms with van der Waals surface area (Å²) in [6.07, 6.45) is 0. The second kappa shape index (κ2) is 7.47. The van der Waals surface area contributed by atoms with Crippen molar-refractivity contribution in [1.29, 1.82) is 0 Å². The third kappa shape index (κ3) is 2.91. The monoisotopic (exact) mass is 454 g/mol. The van der Waals surface area contributed by atoms with Crippen LogP contribution in [0.2, 0.25) is 0 Å². The highest BCUT2D eigenvalue weighted by atomic mass is 19.1. The van der Waals surface area contributed by atoms with Gasteiger partial charge in [0.25, 0.3) is 11.8 Å². The van der Waals surface area contributed by atoms with Gasteiger partial charge in [-0.05, 0) is 44.2 Å². The lowest BCUT2D eigenvalue weighted by molar-refractivity contribution is -0.155. The molecule has 1 saturated heterocycles. The van der Waals surface area contributed by atoms with Gasteiger partial charge in [0.1, 0.15) is 22.9 Å². The molecule has 2 aromatic carbocycles. The maximum Gasteiger partial charge on any atom is 0.312 e. The maximum absolute atomic E-state index is 13.9. The first kappa shape index (κ1) is 21.2. The maximum atomic E-state index is 13.9. The summed E-state index contributed by atoms with van der Waals surface area (Å²) in [4.78, 5) is 42.1. The van der Waals surface area contributed by atoms with Gasteiger partial charge in [0.2, 0.25) is 0 Å². The first-order valence-electron chi connectivity index (χ1n) is 10.7. The first-order chi connectivity index (χ1) is 15.8. The zero-order valence-electron chi connectivity index (χ0n) is 18.4. The smallest absolute Gasteiger partial charge is 0.312 e. The fraction of sp³-hybridized carbons (Fsp3) is 0.375. The van der Waals surface area contributed by atoms with Crippen LogP contribution in [-0.2, 0) is 14.3 Å². The van der Waals surface area contributed by atoms with Gasteiger partial charge in [-0.2, -0.15) is 0 Å². The van der Waals surface area contributed by atoms with Gasteiger partial charge in [-0.15, -0.1) is 0 Å². The third-order valence-electron chi connectivity index (χ3n) is 6.87. The van der Waals surface area contributed by atoms with E-state index in [1.165, 1.54) is 24.1 Å². The molecule has 33 heavy (non-hydrogen) atoms. The molecule has 172 valence electrons. The summed E-state index contributed by atoms with van der Waals surface area (Å²) < 4.78 is 30.5. The SMILES string of the molecule is CCOC(=O)[C@H]1[C@H]2COc3cc(OC)ccc3[C@@H]2N2C(=O)c3ccc(F)cc3NC(=O)[C@@]12C. The van der Waals surface area contributed by atoms with E-state index in [1.54, 1.807) is 32.0 Å². The van der Waals surface area contributed by atoms with Crippen LogP contribution in [0.15, 0.2) is 36.4 Å². The third-order valence-corrected chi connectivity index (χ3v) is 6.87. The number of hydrogen-bond donors (Lipinski definition) is 1. The van der Waals surface area contributed by atoms with Crippen molar-refractivity contribution in [2.24, 2.45) is 11.8 Å². The molecule has 8 nitrogen and oxygen atoms in total. The molecule has 4 atom stereocenters. The average molecular weight is 454 g/mol. The normalized spacial score (nSPS) is 27.3. The van der Waals surface area contributed by atoms with Crippen molar-refractivity contribution in [3.63, 3.8) is 0 Å². The Hall–Kier alpha value is -3.62. The minimum absolute atomic E-state index is 0.0711. The fourth-order valence-corrected chi connectivity index (χ4v) is 5.39. The molecule has 2 aromatic rings. The van der Waals surface area contributed by atoms with Gasteiger partial charge in [-0.25, -0.2) is 4.39 Å². The van der Waals surface area contributed by atoms with Crippen LogP contribution in [-0.4, -0.2) is 48.5 Å². The van der Waals surface area contributed by atoms with E-state index >= 15 is 0 Å². The molecule has 0 unspecified atom stereocenters. The number of ether oxygens (including phenoxy) is 3. The Balaban J connectivity index is 1.74. The predicted octanol–water partition coefficient (Wildman–Crippen LogP) is 2.93. The van der Waals surface area contributed by atoms with Gasteiger partial charge in [-0.1, -0.05) is 0 Å². The molecule has 3 heterocycles. The number of methoxy groups -OCH3 is 1. The molecule has 0 radical (unpaired) electrons. The van der Waals surface area contributed by atoms with E-state index < -0.39 is 47.0 Å². The summed E-state index contributed by atoms with van der Waals surface area (Å²) >= 11 is 0. The molecule has 1 N–H and O–H groups in total. The molecule has 5 rings (SSSR count). The van der Waals surface area contributed by atoms with Gasteiger partial charge < -0.3 is 24.4 Å². The van der Waals surface area contributed by atoms with Crippen molar-refractivity contribution in [2.75, 3.05) is 25.6 Å². The molecule has 0 aromatic heterocycles. The highest BCUT2D eigenvalue weighted by Gasteiger charge is 2.67. The molecule has 0 spiro atoms. The van der Waals surface area contributed by atoms with Crippen LogP contribution in [0.3, 0.4) is 0 Å². The quantitative estimate of drug-likeness (QED) is 0.717. The Morgan fingerprint density at radius 3 is 2.79 bits per heavy atom. The lowest BCUT2D eigenvalue weighted by Gasteiger charge is -2.38. The molecular formula is C24H23FN2O6. The number of rotatable bonds is 3. The molecule has 0 saturated carbocycles. The minimum Gasteiger partial charge on any atom is -0.497 e. The summed E-state index contributed by atoms with van der Waals surface area (Å²) in [5.41, 5.74) is -0.698. The Morgan fingerprint density at radius 2 is 2.06 bits per heavy atom. The van der Waals surface area contributed by atoms with Gasteiger partial charge >= 0.3 is 5.97 Å². The predicted molar refractivity (Wildman–Crippen MR) is 114 cm³/mol. The number of halogens is 1. The largest absolute Gasteiger partial charge is 0.497 e. The van der Waals surface area contributed by atoms with Crippen LogP contribution in [0.1, 0.15) is 35.8 Å². The zero-order chi connectivity index (χ0) is 23.5. The molecule has 1 fully saturated rings. The van der Waals surface area contributed by atoms with E-state index in [1.807, 2.05) is 0 Å². The minimum atomic E-state index is -1.58. The number of nitrogens with one attached hydrogen (secondary N) is 1. The molecule has 3 aliphatic rings. The lowest BCUT2D eigenvalue weighted by atomic mass is 9.77. The van der Waals surface area contributed by atoms with Crippen molar-refractivity contribution in [1.82, 2.24) is 4.90 Å². The van der Waals surface area contributed by atoms with Gasteiger partial charge in [0.05, 0.1) is 43.5 Å². The first-order valence-corrected chi connectivity index (χ1v) is 10.7. The number of nitrogens with zero attached hydrogens (tertiary/aromatic N) is 1. The van der Waals surface area contributed by atoms with Crippen LogP contribution in [0, 0.1) is 17.7 Å². The Labute approximate surface area is 189 Å². The van der Waals surface area contributed by atoms with Crippen LogP contribution in [0.25, 0.3) is 0 Å². The second-order valence-corrected chi connectivity index (χ2v) is 8.52. The molecule has 9 heteroatoms. The van der Waals surface area contributed by atoms with Crippen LogP contribution in [0.5, 0.6) is 11.5 Å². The van der Waals surface area contributed by atoms with Crippen LogP contribution < -0.4 is 14.8 Å². The van der Waals surface area contributed by atoms with Crippen molar-refractivity contribution >= 4 is 23.5 Å². The van der Waals surface area contributed by atoms with E-state index in [2.05, 4.69) is 5.32 Å². The molecule has 3 aliphatic heterocycles. The Morgan fingerprint density at radius 1 is 1.27 bits per heavy atom. The number of fused-ring (bicyclic) bond motifs is 6. The molecular weight excluding hydrogens is 431 g/mol. The molecule has 2 amide bonds. The highest BCUT2D eigenvalue weighted by molar-refractivity contribution is 6.13. The molecule has 0 bridgehead atoms. The highest BCUT2D eigenvalue weighted by Crippen LogP contribution is 2.57. The van der Waals surface area contributed by atoms with Crippen molar-refractivity contribution < 1.29 is 33.0 Å². The summed E-state index contributed by atoms with van der Waals surface area (Å²) in [6.45, 7) is 3.47. The number of amides is 2. The topological polar surface area (TPSA) is 94.2 Å². The lowest BCUT2D eigenvalue weighted by Crippen LogP contribution is -2.57. The number of benzene rings is 2. The standard InChI is InChI=1S/C24H23FN2O6/c1-4-32-22(29)19-16-11-33-18-10-13(31-3)6-8-15(18)20(16)27-21(28)14-7-5-12(25)9-17(14)26-23(30)24(19,27)2/h5-10,16,19-20H,4,11H2,1-3H3,(H,26,30)/t16-,19-,20+,24-/m1/s1. The zero-order valence-corrected chi connectivity index (χ0v) is 18.4. The van der Waals surface area contributed by atoms with E-state index in [9.17, 15) is 18.8 Å². The Bertz CT molecular complexity index is 1180. The number of carbonyl (C=O) groups excluding carboxylic acids is 3.